The molecule has 0 saturated heterocycles. The molecule has 0 spiro atoms. The zero-order chi connectivity index (χ0) is 17.8. The predicted octanol–water partition coefficient (Wildman–Crippen LogP) is 3.75. The van der Waals surface area contributed by atoms with Gasteiger partial charge in [0.15, 0.2) is 0 Å². The fourth-order valence-electron chi connectivity index (χ4n) is 2.28. The van der Waals surface area contributed by atoms with Crippen LogP contribution in [0.5, 0.6) is 0 Å². The van der Waals surface area contributed by atoms with Crippen LogP contribution in [0.2, 0.25) is 5.02 Å². The summed E-state index contributed by atoms with van der Waals surface area (Å²) in [6.45, 7) is 0.564. The number of nitro benzene ring substituents is 1. The smallest absolute Gasteiger partial charge is 0.270 e. The third-order valence-corrected chi connectivity index (χ3v) is 3.81. The Morgan fingerprint density at radius 3 is 2.72 bits per heavy atom. The van der Waals surface area contributed by atoms with Gasteiger partial charge in [0.1, 0.15) is 0 Å². The van der Waals surface area contributed by atoms with Gasteiger partial charge in [-0.05, 0) is 11.6 Å². The number of aromatic nitrogens is 2. The monoisotopic (exact) mass is 356 g/mol. The number of nitrogens with zero attached hydrogens (tertiary/aromatic N) is 3. The Morgan fingerprint density at radius 1 is 1.24 bits per heavy atom. The zero-order valence-electron chi connectivity index (χ0n) is 12.9. The topological polar surface area (TPSA) is 90.1 Å². The normalized spacial score (nSPS) is 10.4. The van der Waals surface area contributed by atoms with Crippen molar-refractivity contribution in [3.63, 3.8) is 0 Å². The lowest BCUT2D eigenvalue weighted by atomic mass is 10.2. The molecule has 0 radical (unpaired) electrons. The minimum Gasteiger partial charge on any atom is -0.319 e. The molecule has 126 valence electrons. The van der Waals surface area contributed by atoms with Crippen molar-refractivity contribution in [2.75, 3.05) is 5.32 Å². The molecule has 0 unspecified atom stereocenters. The summed E-state index contributed by atoms with van der Waals surface area (Å²) in [5, 5.41) is 17.8. The highest BCUT2D eigenvalue weighted by atomic mass is 35.5. The number of hydrogen-bond donors (Lipinski definition) is 1. The van der Waals surface area contributed by atoms with E-state index >= 15 is 0 Å². The van der Waals surface area contributed by atoms with Crippen LogP contribution in [0, 0.1) is 10.1 Å². The molecule has 0 saturated carbocycles. The van der Waals surface area contributed by atoms with Crippen LogP contribution in [-0.4, -0.2) is 20.6 Å². The molecule has 0 atom stereocenters. The summed E-state index contributed by atoms with van der Waals surface area (Å²) in [7, 11) is 0. The van der Waals surface area contributed by atoms with E-state index in [1.807, 2.05) is 30.3 Å². The molecule has 3 rings (SSSR count). The molecule has 0 bridgehead atoms. The van der Waals surface area contributed by atoms with Crippen LogP contribution in [0.1, 0.15) is 15.9 Å². The Bertz CT molecular complexity index is 925. The van der Waals surface area contributed by atoms with E-state index in [4.69, 9.17) is 11.6 Å². The van der Waals surface area contributed by atoms with E-state index in [9.17, 15) is 14.9 Å². The van der Waals surface area contributed by atoms with Gasteiger partial charge in [0.05, 0.1) is 33.9 Å². The van der Waals surface area contributed by atoms with Crippen molar-refractivity contribution in [1.82, 2.24) is 9.78 Å². The minimum absolute atomic E-state index is 0.0340. The first-order valence-electron chi connectivity index (χ1n) is 7.34. The van der Waals surface area contributed by atoms with Crippen molar-refractivity contribution >= 4 is 28.9 Å². The second-order valence-electron chi connectivity index (χ2n) is 5.29. The number of amides is 1. The number of carbonyl (C=O) groups excluding carboxylic acids is 1. The number of anilines is 1. The molecule has 1 N–H and O–H groups in total. The summed E-state index contributed by atoms with van der Waals surface area (Å²) in [5.74, 6) is -0.534. The summed E-state index contributed by atoms with van der Waals surface area (Å²) in [6, 6.07) is 13.5. The van der Waals surface area contributed by atoms with E-state index < -0.39 is 10.8 Å². The van der Waals surface area contributed by atoms with E-state index in [1.54, 1.807) is 10.9 Å². The summed E-state index contributed by atoms with van der Waals surface area (Å²) >= 11 is 5.97. The molecule has 0 aliphatic rings. The van der Waals surface area contributed by atoms with Gasteiger partial charge in [-0.3, -0.25) is 19.6 Å². The van der Waals surface area contributed by atoms with Gasteiger partial charge in [0, 0.05) is 18.3 Å². The molecular weight excluding hydrogens is 344 g/mol. The third-order valence-electron chi connectivity index (χ3n) is 3.48. The van der Waals surface area contributed by atoms with Crippen molar-refractivity contribution in [1.29, 1.82) is 0 Å². The van der Waals surface area contributed by atoms with Crippen LogP contribution in [0.15, 0.2) is 60.9 Å². The number of rotatable bonds is 5. The average Bonchev–Trinajstić information content (AvgIpc) is 3.02. The Morgan fingerprint density at radius 2 is 2.00 bits per heavy atom. The zero-order valence-corrected chi connectivity index (χ0v) is 13.7. The fraction of sp³-hybridized carbons (Fsp3) is 0.0588. The Kier molecular flexibility index (Phi) is 4.76. The molecule has 0 fully saturated rings. The summed E-state index contributed by atoms with van der Waals surface area (Å²) in [6.07, 6.45) is 3.18. The molecule has 1 amide bonds. The van der Waals surface area contributed by atoms with Crippen LogP contribution < -0.4 is 5.32 Å². The maximum Gasteiger partial charge on any atom is 0.270 e. The highest BCUT2D eigenvalue weighted by Gasteiger charge is 2.16. The number of nitrogens with one attached hydrogen (secondary N) is 1. The number of halogens is 1. The molecule has 7 nitrogen and oxygen atoms in total. The first kappa shape index (κ1) is 16.7. The lowest BCUT2D eigenvalue weighted by Crippen LogP contribution is -2.12. The van der Waals surface area contributed by atoms with E-state index in [0.717, 1.165) is 11.6 Å². The number of non-ortho nitro benzene ring substituents is 1. The van der Waals surface area contributed by atoms with Gasteiger partial charge in [-0.25, -0.2) is 0 Å². The lowest BCUT2D eigenvalue weighted by Gasteiger charge is -2.05. The van der Waals surface area contributed by atoms with Crippen molar-refractivity contribution in [2.24, 2.45) is 0 Å². The summed E-state index contributed by atoms with van der Waals surface area (Å²) in [4.78, 5) is 22.6. The first-order chi connectivity index (χ1) is 12.0. The van der Waals surface area contributed by atoms with E-state index in [0.29, 0.717) is 12.2 Å². The molecule has 1 heterocycles. The van der Waals surface area contributed by atoms with Gasteiger partial charge in [0.25, 0.3) is 11.6 Å². The second kappa shape index (κ2) is 7.14. The van der Waals surface area contributed by atoms with Crippen LogP contribution in [0.25, 0.3) is 0 Å². The largest absolute Gasteiger partial charge is 0.319 e. The highest BCUT2D eigenvalue weighted by molar-refractivity contribution is 6.34. The standard InChI is InChI=1S/C17H13ClN4O3/c18-16-7-6-14(22(24)25)8-15(16)17(23)20-13-9-19-21(11-13)10-12-4-2-1-3-5-12/h1-9,11H,10H2,(H,20,23). The van der Waals surface area contributed by atoms with E-state index in [2.05, 4.69) is 10.4 Å². The highest BCUT2D eigenvalue weighted by Crippen LogP contribution is 2.23. The molecular formula is C17H13ClN4O3. The van der Waals surface area contributed by atoms with Crippen molar-refractivity contribution in [3.05, 3.63) is 87.2 Å². The van der Waals surface area contributed by atoms with Crippen molar-refractivity contribution in [3.8, 4) is 0 Å². The Hall–Kier alpha value is -3.19. The van der Waals surface area contributed by atoms with Crippen molar-refractivity contribution < 1.29 is 9.72 Å². The van der Waals surface area contributed by atoms with Gasteiger partial charge in [-0.1, -0.05) is 41.9 Å². The number of hydrogen-bond acceptors (Lipinski definition) is 4. The number of benzene rings is 2. The lowest BCUT2D eigenvalue weighted by molar-refractivity contribution is -0.384. The molecule has 0 aliphatic carbocycles. The third kappa shape index (κ3) is 4.02. The summed E-state index contributed by atoms with van der Waals surface area (Å²) in [5.41, 5.74) is 1.38. The van der Waals surface area contributed by atoms with Crippen molar-refractivity contribution in [2.45, 2.75) is 6.54 Å². The van der Waals surface area contributed by atoms with Gasteiger partial charge in [-0.15, -0.1) is 0 Å². The number of nitro groups is 1. The average molecular weight is 357 g/mol. The SMILES string of the molecule is O=C(Nc1cnn(Cc2ccccc2)c1)c1cc([N+](=O)[O-])ccc1Cl. The van der Waals surface area contributed by atoms with Crippen LogP contribution in [0.3, 0.4) is 0 Å². The fourth-order valence-corrected chi connectivity index (χ4v) is 2.49. The first-order valence-corrected chi connectivity index (χ1v) is 7.72. The maximum absolute atomic E-state index is 12.3. The Balaban J connectivity index is 1.74. The summed E-state index contributed by atoms with van der Waals surface area (Å²) < 4.78 is 1.68. The van der Waals surface area contributed by atoms with Crippen LogP contribution in [-0.2, 0) is 6.54 Å². The number of carbonyl (C=O) groups is 1. The second-order valence-corrected chi connectivity index (χ2v) is 5.69. The van der Waals surface area contributed by atoms with Gasteiger partial charge < -0.3 is 5.32 Å². The quantitative estimate of drug-likeness (QED) is 0.557. The van der Waals surface area contributed by atoms with Gasteiger partial charge >= 0.3 is 0 Å². The molecule has 8 heteroatoms. The van der Waals surface area contributed by atoms with Crippen LogP contribution in [0.4, 0.5) is 11.4 Å². The van der Waals surface area contributed by atoms with E-state index in [1.165, 1.54) is 18.3 Å². The maximum atomic E-state index is 12.3. The van der Waals surface area contributed by atoms with Gasteiger partial charge in [-0.2, -0.15) is 5.10 Å². The van der Waals surface area contributed by atoms with E-state index in [-0.39, 0.29) is 16.3 Å². The molecule has 25 heavy (non-hydrogen) atoms. The predicted molar refractivity (Wildman–Crippen MR) is 93.8 cm³/mol. The van der Waals surface area contributed by atoms with Crippen LogP contribution >= 0.6 is 11.6 Å². The minimum atomic E-state index is -0.578. The van der Waals surface area contributed by atoms with Gasteiger partial charge in [0.2, 0.25) is 0 Å². The molecule has 2 aromatic carbocycles. The molecule has 3 aromatic rings. The molecule has 0 aliphatic heterocycles. The molecule has 1 aromatic heterocycles. The Labute approximate surface area is 148 Å².